The smallest absolute Gasteiger partial charge is 0.264 e. The Morgan fingerprint density at radius 1 is 1.17 bits per heavy atom. The first kappa shape index (κ1) is 36.2. The standard InChI is InChI=1S/C37H51ClN2O5S3/c1-5-6-17-37(44-4,35-46-18-8-19-47-35)31-13-10-28(31)22-40-23-36(16-7-9-26-20-29(38)12-14-30(26)36)24-45-33-15-11-27(21-32(33)40)34(41)39-48(42,43)25(2)3/h11-12,14-15,20-21,25,28,31,35H,5-10,13,16-19,22-24H2,1-4H3,(H,39,41)/t28-,31+,36-,37-/m0/s1. The van der Waals surface area contributed by atoms with E-state index in [0.717, 1.165) is 80.9 Å². The van der Waals surface area contributed by atoms with Crippen molar-refractivity contribution in [2.45, 2.75) is 99.4 Å². The number of sulfonamides is 1. The Bertz CT molecular complexity index is 1580. The van der Waals surface area contributed by atoms with Gasteiger partial charge in [-0.15, -0.1) is 23.5 Å². The summed E-state index contributed by atoms with van der Waals surface area (Å²) in [6.45, 7) is 7.49. The molecule has 6 rings (SSSR count). The number of aryl methyl sites for hydroxylation is 1. The van der Waals surface area contributed by atoms with Gasteiger partial charge >= 0.3 is 0 Å². The van der Waals surface area contributed by atoms with E-state index < -0.39 is 21.2 Å². The molecular weight excluding hydrogens is 684 g/mol. The molecule has 2 aromatic rings. The number of ether oxygens (including phenoxy) is 2. The van der Waals surface area contributed by atoms with Gasteiger partial charge in [-0.1, -0.05) is 37.4 Å². The van der Waals surface area contributed by atoms with E-state index >= 15 is 0 Å². The number of fused-ring (bicyclic) bond motifs is 3. The van der Waals surface area contributed by atoms with Crippen LogP contribution in [0.15, 0.2) is 36.4 Å². The van der Waals surface area contributed by atoms with Gasteiger partial charge in [0.2, 0.25) is 10.0 Å². The van der Waals surface area contributed by atoms with Crippen LogP contribution >= 0.6 is 35.1 Å². The summed E-state index contributed by atoms with van der Waals surface area (Å²) in [6.07, 6.45) is 9.93. The minimum absolute atomic E-state index is 0.182. The Morgan fingerprint density at radius 3 is 2.65 bits per heavy atom. The molecule has 2 aliphatic heterocycles. The molecule has 7 nitrogen and oxygen atoms in total. The predicted molar refractivity (Wildman–Crippen MR) is 201 cm³/mol. The number of nitrogens with one attached hydrogen (secondary N) is 1. The Labute approximate surface area is 301 Å². The molecule has 1 saturated heterocycles. The number of methoxy groups -OCH3 is 1. The lowest BCUT2D eigenvalue weighted by Gasteiger charge is -2.54. The van der Waals surface area contributed by atoms with Crippen molar-refractivity contribution in [3.05, 3.63) is 58.1 Å². The number of halogens is 1. The van der Waals surface area contributed by atoms with Gasteiger partial charge in [0.15, 0.2) is 0 Å². The van der Waals surface area contributed by atoms with Crippen LogP contribution in [0.1, 0.15) is 93.6 Å². The molecule has 2 heterocycles. The summed E-state index contributed by atoms with van der Waals surface area (Å²) in [5.74, 6) is 3.34. The summed E-state index contributed by atoms with van der Waals surface area (Å²) in [4.78, 5) is 15.8. The number of rotatable bonds is 11. The molecule has 1 saturated carbocycles. The topological polar surface area (TPSA) is 84.9 Å². The normalized spacial score (nSPS) is 25.8. The summed E-state index contributed by atoms with van der Waals surface area (Å²) in [6, 6.07) is 11.7. The molecule has 0 unspecified atom stereocenters. The van der Waals surface area contributed by atoms with Crippen molar-refractivity contribution < 1.29 is 22.7 Å². The van der Waals surface area contributed by atoms with E-state index in [0.29, 0.717) is 28.6 Å². The summed E-state index contributed by atoms with van der Waals surface area (Å²) in [7, 11) is -1.84. The molecule has 48 heavy (non-hydrogen) atoms. The van der Waals surface area contributed by atoms with Gasteiger partial charge in [-0.2, -0.15) is 0 Å². The third-order valence-corrected chi connectivity index (χ3v) is 16.4. The Morgan fingerprint density at radius 2 is 1.96 bits per heavy atom. The molecule has 11 heteroatoms. The number of carbonyl (C=O) groups is 1. The highest BCUT2D eigenvalue weighted by atomic mass is 35.5. The molecule has 2 fully saturated rings. The van der Waals surface area contributed by atoms with Crippen LogP contribution in [0, 0.1) is 11.8 Å². The molecule has 4 aliphatic rings. The SMILES string of the molecule is CCCC[C@@](OC)(C1SCCCS1)[C@@H]1CC[C@H]1CN1C[C@@]2(CCCc3cc(Cl)ccc32)COc2ccc(C(=O)NS(=O)(=O)C(C)C)cc21. The second-order valence-corrected chi connectivity index (χ2v) is 19.8. The molecule has 0 bridgehead atoms. The lowest BCUT2D eigenvalue weighted by molar-refractivity contribution is -0.104. The van der Waals surface area contributed by atoms with Crippen LogP contribution in [0.4, 0.5) is 5.69 Å². The number of unbranched alkanes of at least 4 members (excludes halogenated alkanes) is 1. The lowest BCUT2D eigenvalue weighted by atomic mass is 9.63. The average molecular weight is 735 g/mol. The fourth-order valence-corrected chi connectivity index (χ4v) is 12.7. The van der Waals surface area contributed by atoms with Crippen molar-refractivity contribution in [2.75, 3.05) is 43.2 Å². The zero-order valence-corrected chi connectivity index (χ0v) is 32.0. The summed E-state index contributed by atoms with van der Waals surface area (Å²) < 4.78 is 41.3. The van der Waals surface area contributed by atoms with Gasteiger partial charge in [0.25, 0.3) is 5.91 Å². The van der Waals surface area contributed by atoms with E-state index in [1.807, 2.05) is 25.3 Å². The monoisotopic (exact) mass is 734 g/mol. The highest BCUT2D eigenvalue weighted by Gasteiger charge is 2.54. The van der Waals surface area contributed by atoms with Crippen LogP contribution < -0.4 is 14.4 Å². The predicted octanol–water partition coefficient (Wildman–Crippen LogP) is 8.08. The van der Waals surface area contributed by atoms with E-state index in [1.165, 1.54) is 29.1 Å². The van der Waals surface area contributed by atoms with Crippen molar-refractivity contribution >= 4 is 56.7 Å². The quantitative estimate of drug-likeness (QED) is 0.248. The molecule has 0 radical (unpaired) electrons. The lowest BCUT2D eigenvalue weighted by Crippen LogP contribution is -2.57. The van der Waals surface area contributed by atoms with Gasteiger partial charge in [0, 0.05) is 36.2 Å². The zero-order valence-electron chi connectivity index (χ0n) is 28.8. The minimum atomic E-state index is -3.78. The summed E-state index contributed by atoms with van der Waals surface area (Å²) in [5, 5.41) is 0.0397. The minimum Gasteiger partial charge on any atom is -0.490 e. The number of anilines is 1. The molecule has 4 atom stereocenters. The Hall–Kier alpha value is -1.59. The average Bonchev–Trinajstić information content (AvgIpc) is 3.21. The van der Waals surface area contributed by atoms with Crippen LogP contribution in [0.3, 0.4) is 0 Å². The zero-order chi connectivity index (χ0) is 34.1. The number of carbonyl (C=O) groups excluding carboxylic acids is 1. The molecule has 0 aromatic heterocycles. The van der Waals surface area contributed by atoms with Crippen LogP contribution in [-0.4, -0.2) is 68.1 Å². The second-order valence-electron chi connectivity index (χ2n) is 14.4. The third kappa shape index (κ3) is 7.12. The highest BCUT2D eigenvalue weighted by molar-refractivity contribution is 8.17. The molecule has 264 valence electrons. The number of hydrogen-bond acceptors (Lipinski definition) is 8. The number of thioether (sulfide) groups is 2. The van der Waals surface area contributed by atoms with Crippen molar-refractivity contribution in [1.82, 2.24) is 4.72 Å². The second kappa shape index (κ2) is 14.9. The van der Waals surface area contributed by atoms with Gasteiger partial charge in [-0.3, -0.25) is 4.79 Å². The molecule has 1 amide bonds. The first-order chi connectivity index (χ1) is 23.0. The van der Waals surface area contributed by atoms with Crippen molar-refractivity contribution in [3.63, 3.8) is 0 Å². The molecule has 2 aromatic carbocycles. The third-order valence-electron chi connectivity index (χ3n) is 11.2. The first-order valence-corrected chi connectivity index (χ1v) is 21.7. The fourth-order valence-electron chi connectivity index (χ4n) is 8.33. The van der Waals surface area contributed by atoms with Gasteiger partial charge in [-0.25, -0.2) is 13.1 Å². The van der Waals surface area contributed by atoms with Gasteiger partial charge < -0.3 is 14.4 Å². The number of hydrogen-bond donors (Lipinski definition) is 1. The molecular formula is C37H51ClN2O5S3. The van der Waals surface area contributed by atoms with E-state index in [9.17, 15) is 13.2 Å². The Balaban J connectivity index is 1.37. The van der Waals surface area contributed by atoms with Gasteiger partial charge in [0.05, 0.1) is 27.7 Å². The van der Waals surface area contributed by atoms with Gasteiger partial charge in [0.1, 0.15) is 5.75 Å². The van der Waals surface area contributed by atoms with Gasteiger partial charge in [-0.05, 0) is 124 Å². The van der Waals surface area contributed by atoms with Crippen LogP contribution in [0.2, 0.25) is 5.02 Å². The number of amides is 1. The van der Waals surface area contributed by atoms with Crippen LogP contribution in [0.5, 0.6) is 5.75 Å². The molecule has 1 spiro atoms. The highest BCUT2D eigenvalue weighted by Crippen LogP contribution is 2.55. The van der Waals surface area contributed by atoms with Crippen molar-refractivity contribution in [2.24, 2.45) is 11.8 Å². The number of benzene rings is 2. The fraction of sp³-hybridized carbons (Fsp3) is 0.649. The first-order valence-electron chi connectivity index (χ1n) is 17.7. The maximum absolute atomic E-state index is 13.3. The van der Waals surface area contributed by atoms with Crippen molar-refractivity contribution in [1.29, 1.82) is 0 Å². The van der Waals surface area contributed by atoms with E-state index in [2.05, 4.69) is 52.2 Å². The molecule has 1 N–H and O–H groups in total. The summed E-state index contributed by atoms with van der Waals surface area (Å²) in [5.41, 5.74) is 3.33. The maximum Gasteiger partial charge on any atom is 0.264 e. The summed E-state index contributed by atoms with van der Waals surface area (Å²) >= 11 is 10.7. The van der Waals surface area contributed by atoms with E-state index in [-0.39, 0.29) is 11.0 Å². The number of nitrogens with zero attached hydrogens (tertiary/aromatic N) is 1. The van der Waals surface area contributed by atoms with Crippen LogP contribution in [-0.2, 0) is 26.6 Å². The maximum atomic E-state index is 13.3. The largest absolute Gasteiger partial charge is 0.490 e. The Kier molecular flexibility index (Phi) is 11.3. The molecule has 2 aliphatic carbocycles. The van der Waals surface area contributed by atoms with E-state index in [1.54, 1.807) is 19.9 Å². The van der Waals surface area contributed by atoms with Crippen LogP contribution in [0.25, 0.3) is 0 Å². The van der Waals surface area contributed by atoms with E-state index in [4.69, 9.17) is 21.1 Å². The van der Waals surface area contributed by atoms with Crippen molar-refractivity contribution in [3.8, 4) is 5.75 Å².